The fourth-order valence-corrected chi connectivity index (χ4v) is 14.6. The average molecular weight is 949 g/mol. The van der Waals surface area contributed by atoms with Gasteiger partial charge in [0.15, 0.2) is 32.4 Å². The molecular formula is C52H80O10Si3. The van der Waals surface area contributed by atoms with Crippen molar-refractivity contribution in [3.63, 3.8) is 0 Å². The van der Waals surface area contributed by atoms with Gasteiger partial charge in [0, 0.05) is 21.3 Å². The van der Waals surface area contributed by atoms with E-state index in [-0.39, 0.29) is 46.1 Å². The Balaban J connectivity index is 1.71. The van der Waals surface area contributed by atoms with Gasteiger partial charge in [-0.15, -0.1) is 0 Å². The van der Waals surface area contributed by atoms with Crippen molar-refractivity contribution in [1.29, 1.82) is 0 Å². The Morgan fingerprint density at radius 2 is 1.40 bits per heavy atom. The molecule has 0 aliphatic carbocycles. The number of hydrogen-bond acceptors (Lipinski definition) is 10. The number of hydrogen-bond donors (Lipinski definition) is 0. The summed E-state index contributed by atoms with van der Waals surface area (Å²) in [6.45, 7) is 31.2. The Labute approximate surface area is 394 Å². The molecule has 1 heterocycles. The van der Waals surface area contributed by atoms with E-state index in [2.05, 4.69) is 154 Å². The molecule has 13 heteroatoms. The Morgan fingerprint density at radius 1 is 0.800 bits per heavy atom. The van der Waals surface area contributed by atoms with Crippen molar-refractivity contribution in [3.8, 4) is 17.2 Å². The van der Waals surface area contributed by atoms with Gasteiger partial charge in [-0.25, -0.2) is 4.79 Å². The Hall–Kier alpha value is -3.54. The lowest BCUT2D eigenvalue weighted by atomic mass is 10.0. The number of esters is 1. The molecule has 10 nitrogen and oxygen atoms in total. The van der Waals surface area contributed by atoms with Crippen molar-refractivity contribution >= 4 is 47.1 Å². The largest absolute Gasteiger partial charge is 0.493 e. The van der Waals surface area contributed by atoms with E-state index in [1.807, 2.05) is 26.0 Å². The predicted molar refractivity (Wildman–Crippen MR) is 272 cm³/mol. The molecule has 4 atom stereocenters. The molecule has 0 N–H and O–H groups in total. The van der Waals surface area contributed by atoms with E-state index in [0.717, 1.165) is 6.04 Å². The first kappa shape index (κ1) is 54.1. The third-order valence-electron chi connectivity index (χ3n) is 12.3. The molecule has 0 amide bonds. The lowest BCUT2D eigenvalue weighted by Gasteiger charge is -2.44. The lowest BCUT2D eigenvalue weighted by Crippen LogP contribution is -2.67. The van der Waals surface area contributed by atoms with E-state index < -0.39 is 48.7 Å². The molecular weight excluding hydrogens is 869 g/mol. The molecule has 65 heavy (non-hydrogen) atoms. The van der Waals surface area contributed by atoms with E-state index in [0.29, 0.717) is 30.8 Å². The first-order valence-electron chi connectivity index (χ1n) is 23.0. The van der Waals surface area contributed by atoms with Crippen molar-refractivity contribution in [2.45, 2.75) is 154 Å². The smallest absolute Gasteiger partial charge is 0.342 e. The van der Waals surface area contributed by atoms with Gasteiger partial charge in [0.25, 0.3) is 8.32 Å². The normalized spacial score (nSPS) is 18.2. The van der Waals surface area contributed by atoms with Crippen molar-refractivity contribution in [3.05, 3.63) is 96.1 Å². The minimum atomic E-state index is -2.77. The van der Waals surface area contributed by atoms with Gasteiger partial charge in [0.1, 0.15) is 11.7 Å². The van der Waals surface area contributed by atoms with Gasteiger partial charge in [-0.3, -0.25) is 0 Å². The minimum Gasteiger partial charge on any atom is -0.493 e. The summed E-state index contributed by atoms with van der Waals surface area (Å²) in [6, 6.07) is 24.1. The lowest BCUT2D eigenvalue weighted by molar-refractivity contribution is -0.151. The van der Waals surface area contributed by atoms with Gasteiger partial charge in [-0.2, -0.15) is 0 Å². The van der Waals surface area contributed by atoms with Crippen LogP contribution >= 0.6 is 0 Å². The van der Waals surface area contributed by atoms with E-state index in [4.69, 9.17) is 42.0 Å². The highest BCUT2D eigenvalue weighted by molar-refractivity contribution is 6.99. The fourth-order valence-electron chi connectivity index (χ4n) is 7.93. The zero-order chi connectivity index (χ0) is 48.4. The van der Waals surface area contributed by atoms with E-state index in [1.165, 1.54) is 24.6 Å². The van der Waals surface area contributed by atoms with Crippen LogP contribution in [0.1, 0.15) is 91.1 Å². The third-order valence-corrected chi connectivity index (χ3v) is 23.6. The first-order valence-corrected chi connectivity index (χ1v) is 31.6. The molecule has 4 rings (SSSR count). The Kier molecular flexibility index (Phi) is 18.7. The van der Waals surface area contributed by atoms with Crippen LogP contribution in [-0.2, 0) is 27.8 Å². The summed E-state index contributed by atoms with van der Waals surface area (Å²) >= 11 is 0. The zero-order valence-corrected chi connectivity index (χ0v) is 45.6. The summed E-state index contributed by atoms with van der Waals surface area (Å²) in [5.74, 6) is -0.529. The van der Waals surface area contributed by atoms with Crippen LogP contribution in [0.25, 0.3) is 6.08 Å². The van der Waals surface area contributed by atoms with E-state index in [1.54, 1.807) is 13.2 Å². The van der Waals surface area contributed by atoms with Crippen LogP contribution in [-0.4, -0.2) is 95.6 Å². The van der Waals surface area contributed by atoms with Gasteiger partial charge in [0.05, 0.1) is 33.0 Å². The molecule has 1 saturated heterocycles. The second-order valence-electron chi connectivity index (χ2n) is 21.3. The standard InChI is InChI=1S/C52H80O10Si3/c1-38(61-65(51(5,6)7,40-28-20-18-21-29-40)41-30-22-19-23-31-41)26-24-33-43(62-64(16,17)50(2,3)4)46-42(59-52(8,9)60-46)32-25-27-39-36-44(55-11)47(56-12)48(58-37-54-10)45(39)49(53)57-34-35-63(13,14)15/h18-25,27-31,33,36,38,42-43,46H,26,32,34-35,37H2,1-17H3/b27-25+,33-24-/t38-,42+,43?,46-/m0/s1. The van der Waals surface area contributed by atoms with E-state index >= 15 is 0 Å². The number of ether oxygens (including phenoxy) is 7. The highest BCUT2D eigenvalue weighted by atomic mass is 28.4. The van der Waals surface area contributed by atoms with E-state index in [9.17, 15) is 4.79 Å². The zero-order valence-electron chi connectivity index (χ0n) is 42.6. The molecule has 1 unspecified atom stereocenters. The van der Waals surface area contributed by atoms with Gasteiger partial charge in [-0.05, 0) is 84.8 Å². The highest BCUT2D eigenvalue weighted by Crippen LogP contribution is 2.44. The second-order valence-corrected chi connectivity index (χ2v) is 35.9. The number of rotatable bonds is 22. The van der Waals surface area contributed by atoms with Crippen molar-refractivity contribution in [2.24, 2.45) is 0 Å². The highest BCUT2D eigenvalue weighted by Gasteiger charge is 2.51. The number of methoxy groups -OCH3 is 3. The van der Waals surface area contributed by atoms with Crippen LogP contribution in [0.2, 0.25) is 48.9 Å². The maximum absolute atomic E-state index is 14.0. The molecule has 0 bridgehead atoms. The Morgan fingerprint density at radius 3 is 1.91 bits per heavy atom. The maximum atomic E-state index is 14.0. The molecule has 0 radical (unpaired) electrons. The molecule has 1 aliphatic heterocycles. The van der Waals surface area contributed by atoms with Gasteiger partial charge in [-0.1, -0.05) is 146 Å². The van der Waals surface area contributed by atoms with Crippen LogP contribution in [0, 0.1) is 0 Å². The average Bonchev–Trinajstić information content (AvgIpc) is 3.53. The van der Waals surface area contributed by atoms with Gasteiger partial charge >= 0.3 is 5.97 Å². The monoisotopic (exact) mass is 949 g/mol. The van der Waals surface area contributed by atoms with Crippen molar-refractivity contribution in [2.75, 3.05) is 34.7 Å². The number of carbonyl (C=O) groups excluding carboxylic acids is 1. The predicted octanol–water partition coefficient (Wildman–Crippen LogP) is 11.4. The van der Waals surface area contributed by atoms with Crippen LogP contribution < -0.4 is 24.6 Å². The summed E-state index contributed by atoms with van der Waals surface area (Å²) in [7, 11) is -2.01. The SMILES string of the molecule is COCOc1c(OC)c(OC)cc(/C=C/C[C@H]2OC(C)(C)O[C@@H]2C(/C=C\C[C@H](C)O[Si](c2ccccc2)(c2ccccc2)C(C)(C)C)O[Si](C)(C)C(C)(C)C)c1C(=O)OCC[Si](C)(C)C. The second kappa shape index (κ2) is 22.5. The molecule has 0 spiro atoms. The minimum absolute atomic E-state index is 0.0563. The molecule has 1 aliphatic rings. The summed E-state index contributed by atoms with van der Waals surface area (Å²) in [5, 5.41) is 2.30. The maximum Gasteiger partial charge on any atom is 0.342 e. The van der Waals surface area contributed by atoms with Gasteiger partial charge < -0.3 is 42.0 Å². The molecule has 360 valence electrons. The van der Waals surface area contributed by atoms with Crippen LogP contribution in [0.5, 0.6) is 17.2 Å². The summed E-state index contributed by atoms with van der Waals surface area (Å²) in [5.41, 5.74) is 0.772. The van der Waals surface area contributed by atoms with Crippen molar-refractivity contribution < 1.29 is 46.8 Å². The van der Waals surface area contributed by atoms with Gasteiger partial charge in [0.2, 0.25) is 5.75 Å². The van der Waals surface area contributed by atoms with Crippen LogP contribution in [0.3, 0.4) is 0 Å². The summed E-state index contributed by atoms with van der Waals surface area (Å²) in [4.78, 5) is 14.0. The number of carbonyl (C=O) groups is 1. The molecule has 3 aromatic carbocycles. The summed E-state index contributed by atoms with van der Waals surface area (Å²) < 4.78 is 56.7. The first-order chi connectivity index (χ1) is 30.3. The van der Waals surface area contributed by atoms with Crippen LogP contribution in [0.15, 0.2) is 85.0 Å². The molecule has 1 fully saturated rings. The number of benzene rings is 3. The fraction of sp³-hybridized carbons (Fsp3) is 0.558. The quantitative estimate of drug-likeness (QED) is 0.0419. The third kappa shape index (κ3) is 14.0. The topological polar surface area (TPSA) is 100 Å². The van der Waals surface area contributed by atoms with Crippen LogP contribution in [0.4, 0.5) is 0 Å². The molecule has 3 aromatic rings. The molecule has 0 saturated carbocycles. The summed E-state index contributed by atoms with van der Waals surface area (Å²) in [6.07, 6.45) is 8.04. The van der Waals surface area contributed by atoms with Crippen molar-refractivity contribution in [1.82, 2.24) is 0 Å². The molecule has 0 aromatic heterocycles. The Bertz CT molecular complexity index is 1990.